The monoisotopic (exact) mass is 258 g/mol. The third-order valence-electron chi connectivity index (χ3n) is 2.82. The maximum atomic E-state index is 13.4. The zero-order valence-corrected chi connectivity index (χ0v) is 10.9. The summed E-state index contributed by atoms with van der Waals surface area (Å²) in [5.41, 5.74) is 0. The van der Waals surface area contributed by atoms with Gasteiger partial charge in [0.15, 0.2) is 11.5 Å². The molecule has 1 aromatic carbocycles. The average Bonchev–Trinajstić information content (AvgIpc) is 2.35. The van der Waals surface area contributed by atoms with E-state index in [1.54, 1.807) is 0 Å². The molecule has 0 saturated heterocycles. The SMILES string of the molecule is CCCCCCC(C)Oc1ccc(O)c(F)c1F. The number of hydrogen-bond donors (Lipinski definition) is 1. The van der Waals surface area contributed by atoms with E-state index in [9.17, 15) is 8.78 Å². The Labute approximate surface area is 107 Å². The smallest absolute Gasteiger partial charge is 0.204 e. The van der Waals surface area contributed by atoms with Gasteiger partial charge in [-0.25, -0.2) is 0 Å². The van der Waals surface area contributed by atoms with Crippen molar-refractivity contribution in [2.45, 2.75) is 52.1 Å². The van der Waals surface area contributed by atoms with E-state index in [0.717, 1.165) is 31.7 Å². The van der Waals surface area contributed by atoms with Gasteiger partial charge in [0.2, 0.25) is 11.6 Å². The Morgan fingerprint density at radius 2 is 1.89 bits per heavy atom. The summed E-state index contributed by atoms with van der Waals surface area (Å²) in [6, 6.07) is 2.34. The zero-order valence-electron chi connectivity index (χ0n) is 10.9. The Morgan fingerprint density at radius 1 is 1.17 bits per heavy atom. The molecular weight excluding hydrogens is 238 g/mol. The molecule has 2 nitrogen and oxygen atoms in total. The van der Waals surface area contributed by atoms with Crippen LogP contribution >= 0.6 is 0 Å². The lowest BCUT2D eigenvalue weighted by Crippen LogP contribution is -2.12. The third-order valence-corrected chi connectivity index (χ3v) is 2.82. The molecule has 1 N–H and O–H groups in total. The van der Waals surface area contributed by atoms with Gasteiger partial charge in [-0.1, -0.05) is 26.2 Å². The van der Waals surface area contributed by atoms with Crippen LogP contribution in [0.2, 0.25) is 0 Å². The summed E-state index contributed by atoms with van der Waals surface area (Å²) < 4.78 is 31.8. The minimum atomic E-state index is -1.26. The second-order valence-corrected chi connectivity index (χ2v) is 4.49. The maximum absolute atomic E-state index is 13.4. The van der Waals surface area contributed by atoms with Gasteiger partial charge in [0.25, 0.3) is 0 Å². The van der Waals surface area contributed by atoms with Crippen LogP contribution in [0.1, 0.15) is 46.0 Å². The summed E-state index contributed by atoms with van der Waals surface area (Å²) in [6.45, 7) is 3.96. The van der Waals surface area contributed by atoms with Crippen LogP contribution in [0, 0.1) is 11.6 Å². The highest BCUT2D eigenvalue weighted by atomic mass is 19.2. The fourth-order valence-electron chi connectivity index (χ4n) is 1.75. The van der Waals surface area contributed by atoms with Crippen LogP contribution in [0.15, 0.2) is 12.1 Å². The molecule has 0 aromatic heterocycles. The van der Waals surface area contributed by atoms with Crippen LogP contribution < -0.4 is 4.74 Å². The van der Waals surface area contributed by atoms with Gasteiger partial charge in [-0.2, -0.15) is 8.78 Å². The van der Waals surface area contributed by atoms with E-state index in [-0.39, 0.29) is 11.9 Å². The quantitative estimate of drug-likeness (QED) is 0.734. The zero-order chi connectivity index (χ0) is 13.5. The van der Waals surface area contributed by atoms with E-state index < -0.39 is 17.4 Å². The standard InChI is InChI=1S/C14H20F2O2/c1-3-4-5-6-7-10(2)18-12-9-8-11(17)13(15)14(12)16/h8-10,17H,3-7H2,1-2H3. The number of benzene rings is 1. The summed E-state index contributed by atoms with van der Waals surface area (Å²) in [4.78, 5) is 0. The summed E-state index contributed by atoms with van der Waals surface area (Å²) in [7, 11) is 0. The Kier molecular flexibility index (Phi) is 5.89. The molecule has 4 heteroatoms. The van der Waals surface area contributed by atoms with Crippen LogP contribution in [0.5, 0.6) is 11.5 Å². The second kappa shape index (κ2) is 7.19. The molecule has 18 heavy (non-hydrogen) atoms. The van der Waals surface area contributed by atoms with E-state index in [1.807, 2.05) is 6.92 Å². The number of ether oxygens (including phenoxy) is 1. The number of aromatic hydroxyl groups is 1. The normalized spacial score (nSPS) is 12.4. The molecule has 0 radical (unpaired) electrons. The van der Waals surface area contributed by atoms with Crippen molar-refractivity contribution in [3.8, 4) is 11.5 Å². The van der Waals surface area contributed by atoms with Gasteiger partial charge in [-0.05, 0) is 31.9 Å². The first-order chi connectivity index (χ1) is 8.56. The van der Waals surface area contributed by atoms with Crippen molar-refractivity contribution in [3.05, 3.63) is 23.8 Å². The Balaban J connectivity index is 2.49. The predicted octanol–water partition coefficient (Wildman–Crippen LogP) is 4.41. The molecule has 0 heterocycles. The number of phenols is 1. The third kappa shape index (κ3) is 4.17. The van der Waals surface area contributed by atoms with E-state index in [1.165, 1.54) is 12.5 Å². The van der Waals surface area contributed by atoms with Crippen molar-refractivity contribution >= 4 is 0 Å². The highest BCUT2D eigenvalue weighted by Crippen LogP contribution is 2.27. The first-order valence-electron chi connectivity index (χ1n) is 6.39. The molecule has 0 spiro atoms. The van der Waals surface area contributed by atoms with Crippen LogP contribution in [0.3, 0.4) is 0 Å². The molecular formula is C14H20F2O2. The van der Waals surface area contributed by atoms with E-state index in [2.05, 4.69) is 6.92 Å². The molecule has 0 aliphatic carbocycles. The van der Waals surface area contributed by atoms with Gasteiger partial charge in [-0.15, -0.1) is 0 Å². The van der Waals surface area contributed by atoms with Crippen LogP contribution in [-0.4, -0.2) is 11.2 Å². The van der Waals surface area contributed by atoms with Crippen molar-refractivity contribution in [2.24, 2.45) is 0 Å². The molecule has 0 bridgehead atoms. The molecule has 1 unspecified atom stereocenters. The summed E-state index contributed by atoms with van der Waals surface area (Å²) >= 11 is 0. The Bertz CT molecular complexity index is 380. The van der Waals surface area contributed by atoms with Crippen molar-refractivity contribution in [2.75, 3.05) is 0 Å². The highest BCUT2D eigenvalue weighted by Gasteiger charge is 2.15. The summed E-state index contributed by atoms with van der Waals surface area (Å²) in [5, 5.41) is 8.99. The molecule has 0 saturated carbocycles. The van der Waals surface area contributed by atoms with Crippen molar-refractivity contribution < 1.29 is 18.6 Å². The maximum Gasteiger partial charge on any atom is 0.204 e. The molecule has 1 aromatic rings. The largest absolute Gasteiger partial charge is 0.505 e. The van der Waals surface area contributed by atoms with Gasteiger partial charge in [0, 0.05) is 0 Å². The fourth-order valence-corrected chi connectivity index (χ4v) is 1.75. The van der Waals surface area contributed by atoms with Gasteiger partial charge in [0.1, 0.15) is 0 Å². The lowest BCUT2D eigenvalue weighted by atomic mass is 10.1. The van der Waals surface area contributed by atoms with Crippen LogP contribution in [0.25, 0.3) is 0 Å². The summed E-state index contributed by atoms with van der Waals surface area (Å²) in [5.74, 6) is -3.23. The van der Waals surface area contributed by atoms with Crippen molar-refractivity contribution in [1.29, 1.82) is 0 Å². The Hall–Kier alpha value is -1.32. The first kappa shape index (κ1) is 14.7. The highest BCUT2D eigenvalue weighted by molar-refractivity contribution is 5.34. The predicted molar refractivity (Wildman–Crippen MR) is 66.9 cm³/mol. The topological polar surface area (TPSA) is 29.5 Å². The molecule has 0 aliphatic heterocycles. The van der Waals surface area contributed by atoms with Crippen molar-refractivity contribution in [3.63, 3.8) is 0 Å². The minimum absolute atomic E-state index is 0.145. The van der Waals surface area contributed by atoms with Gasteiger partial charge in [0.05, 0.1) is 6.10 Å². The second-order valence-electron chi connectivity index (χ2n) is 4.49. The lowest BCUT2D eigenvalue weighted by Gasteiger charge is -2.15. The molecule has 102 valence electrons. The summed E-state index contributed by atoms with van der Waals surface area (Å²) in [6.07, 6.45) is 5.11. The van der Waals surface area contributed by atoms with E-state index in [4.69, 9.17) is 9.84 Å². The minimum Gasteiger partial charge on any atom is -0.505 e. The van der Waals surface area contributed by atoms with Gasteiger partial charge < -0.3 is 9.84 Å². The number of phenolic OH excluding ortho intramolecular Hbond substituents is 1. The Morgan fingerprint density at radius 3 is 2.56 bits per heavy atom. The average molecular weight is 258 g/mol. The van der Waals surface area contributed by atoms with E-state index in [0.29, 0.717) is 0 Å². The number of hydrogen-bond acceptors (Lipinski definition) is 2. The molecule has 0 fully saturated rings. The first-order valence-corrected chi connectivity index (χ1v) is 6.39. The number of unbranched alkanes of at least 4 members (excludes halogenated alkanes) is 3. The lowest BCUT2D eigenvalue weighted by molar-refractivity contribution is 0.194. The molecule has 1 rings (SSSR count). The van der Waals surface area contributed by atoms with E-state index >= 15 is 0 Å². The number of halogens is 2. The van der Waals surface area contributed by atoms with Crippen molar-refractivity contribution in [1.82, 2.24) is 0 Å². The molecule has 1 atom stereocenters. The number of rotatable bonds is 7. The van der Waals surface area contributed by atoms with Crippen LogP contribution in [-0.2, 0) is 0 Å². The molecule has 0 amide bonds. The molecule has 0 aliphatic rings. The van der Waals surface area contributed by atoms with Gasteiger partial charge >= 0.3 is 0 Å². The fraction of sp³-hybridized carbons (Fsp3) is 0.571. The van der Waals surface area contributed by atoms with Crippen LogP contribution in [0.4, 0.5) is 8.78 Å². The van der Waals surface area contributed by atoms with Gasteiger partial charge in [-0.3, -0.25) is 0 Å².